The zero-order valence-electron chi connectivity index (χ0n) is 12.0. The molecular weight excluding hydrogens is 244 g/mol. The molecule has 0 radical (unpaired) electrons. The van der Waals surface area contributed by atoms with Gasteiger partial charge in [-0.1, -0.05) is 6.92 Å². The molecule has 110 valence electrons. The lowest BCUT2D eigenvalue weighted by molar-refractivity contribution is -0.134. The molecule has 0 saturated carbocycles. The second-order valence-electron chi connectivity index (χ2n) is 5.96. The predicted octanol–water partition coefficient (Wildman–Crippen LogP) is 0.422. The van der Waals surface area contributed by atoms with E-state index in [0.29, 0.717) is 13.0 Å². The van der Waals surface area contributed by atoms with Gasteiger partial charge in [0.25, 0.3) is 0 Å². The number of hydrogen-bond acceptors (Lipinski definition) is 4. The molecule has 0 aliphatic carbocycles. The number of ether oxygens (including phenoxy) is 1. The van der Waals surface area contributed by atoms with Crippen LogP contribution in [0.2, 0.25) is 0 Å². The SMILES string of the molecule is CCC1(C(=O)NCC2(O)CCOC2C)CCCNC1. The van der Waals surface area contributed by atoms with Crippen molar-refractivity contribution in [1.29, 1.82) is 0 Å². The molecule has 2 aliphatic rings. The fourth-order valence-electron chi connectivity index (χ4n) is 3.05. The third-order valence-electron chi connectivity index (χ3n) is 4.85. The van der Waals surface area contributed by atoms with Crippen molar-refractivity contribution >= 4 is 5.91 Å². The maximum Gasteiger partial charge on any atom is 0.227 e. The van der Waals surface area contributed by atoms with Crippen LogP contribution in [0.4, 0.5) is 0 Å². The number of rotatable bonds is 4. The summed E-state index contributed by atoms with van der Waals surface area (Å²) in [4.78, 5) is 12.5. The first kappa shape index (κ1) is 14.8. The second kappa shape index (κ2) is 5.77. The average Bonchev–Trinajstić information content (AvgIpc) is 2.77. The lowest BCUT2D eigenvalue weighted by atomic mass is 9.77. The van der Waals surface area contributed by atoms with Crippen molar-refractivity contribution in [3.63, 3.8) is 0 Å². The molecule has 2 heterocycles. The highest BCUT2D eigenvalue weighted by atomic mass is 16.5. The van der Waals surface area contributed by atoms with Crippen LogP contribution >= 0.6 is 0 Å². The molecular formula is C14H26N2O3. The normalized spacial score (nSPS) is 39.2. The van der Waals surface area contributed by atoms with Crippen molar-refractivity contribution in [2.24, 2.45) is 5.41 Å². The quantitative estimate of drug-likeness (QED) is 0.692. The molecule has 1 amide bonds. The molecule has 2 rings (SSSR count). The van der Waals surface area contributed by atoms with Crippen LogP contribution < -0.4 is 10.6 Å². The van der Waals surface area contributed by atoms with Gasteiger partial charge in [0.1, 0.15) is 5.60 Å². The summed E-state index contributed by atoms with van der Waals surface area (Å²) in [6, 6.07) is 0. The van der Waals surface area contributed by atoms with Crippen molar-refractivity contribution in [2.45, 2.75) is 51.2 Å². The number of piperidine rings is 1. The fourth-order valence-corrected chi connectivity index (χ4v) is 3.05. The Morgan fingerprint density at radius 3 is 2.84 bits per heavy atom. The lowest BCUT2D eigenvalue weighted by Gasteiger charge is -2.36. The molecule has 5 nitrogen and oxygen atoms in total. The van der Waals surface area contributed by atoms with E-state index in [4.69, 9.17) is 4.74 Å². The second-order valence-corrected chi connectivity index (χ2v) is 5.96. The molecule has 3 atom stereocenters. The largest absolute Gasteiger partial charge is 0.385 e. The maximum atomic E-state index is 12.5. The van der Waals surface area contributed by atoms with Gasteiger partial charge in [0.05, 0.1) is 11.5 Å². The van der Waals surface area contributed by atoms with Gasteiger partial charge in [0, 0.05) is 26.1 Å². The number of nitrogens with one attached hydrogen (secondary N) is 2. The van der Waals surface area contributed by atoms with Gasteiger partial charge in [0.15, 0.2) is 0 Å². The highest BCUT2D eigenvalue weighted by Crippen LogP contribution is 2.31. The molecule has 0 aromatic heterocycles. The zero-order valence-corrected chi connectivity index (χ0v) is 12.0. The van der Waals surface area contributed by atoms with E-state index in [9.17, 15) is 9.90 Å². The Hall–Kier alpha value is -0.650. The summed E-state index contributed by atoms with van der Waals surface area (Å²) in [6.45, 7) is 6.49. The lowest BCUT2D eigenvalue weighted by Crippen LogP contribution is -2.54. The summed E-state index contributed by atoms with van der Waals surface area (Å²) in [6.07, 6.45) is 3.16. The molecule has 0 bridgehead atoms. The topological polar surface area (TPSA) is 70.6 Å². The van der Waals surface area contributed by atoms with E-state index in [1.54, 1.807) is 0 Å². The molecule has 3 unspecified atom stereocenters. The highest BCUT2D eigenvalue weighted by Gasteiger charge is 2.42. The fraction of sp³-hybridized carbons (Fsp3) is 0.929. The van der Waals surface area contributed by atoms with Crippen molar-refractivity contribution in [1.82, 2.24) is 10.6 Å². The van der Waals surface area contributed by atoms with Crippen molar-refractivity contribution in [3.8, 4) is 0 Å². The summed E-state index contributed by atoms with van der Waals surface area (Å²) in [5.74, 6) is 0.0646. The Morgan fingerprint density at radius 1 is 1.53 bits per heavy atom. The van der Waals surface area contributed by atoms with Crippen LogP contribution in [-0.4, -0.2) is 49.0 Å². The summed E-state index contributed by atoms with van der Waals surface area (Å²) >= 11 is 0. The van der Waals surface area contributed by atoms with Gasteiger partial charge in [-0.2, -0.15) is 0 Å². The zero-order chi connectivity index (χ0) is 13.9. The Bertz CT molecular complexity index is 329. The van der Waals surface area contributed by atoms with E-state index in [1.165, 1.54) is 0 Å². The molecule has 0 aromatic rings. The van der Waals surface area contributed by atoms with E-state index >= 15 is 0 Å². The summed E-state index contributed by atoms with van der Waals surface area (Å²) < 4.78 is 5.38. The van der Waals surface area contributed by atoms with Gasteiger partial charge in [-0.25, -0.2) is 0 Å². The van der Waals surface area contributed by atoms with E-state index in [-0.39, 0.29) is 24.0 Å². The first-order chi connectivity index (χ1) is 9.02. The Balaban J connectivity index is 1.93. The van der Waals surface area contributed by atoms with Crippen LogP contribution in [0.5, 0.6) is 0 Å². The molecule has 2 aliphatic heterocycles. The average molecular weight is 270 g/mol. The maximum absolute atomic E-state index is 12.5. The van der Waals surface area contributed by atoms with E-state index in [2.05, 4.69) is 17.6 Å². The van der Waals surface area contributed by atoms with E-state index < -0.39 is 5.60 Å². The molecule has 5 heteroatoms. The number of amides is 1. The molecule has 0 aromatic carbocycles. The number of aliphatic hydroxyl groups is 1. The number of hydrogen-bond donors (Lipinski definition) is 3. The molecule has 0 spiro atoms. The molecule has 2 saturated heterocycles. The minimum atomic E-state index is -0.910. The van der Waals surface area contributed by atoms with Gasteiger partial charge >= 0.3 is 0 Å². The van der Waals surface area contributed by atoms with Crippen LogP contribution in [0.15, 0.2) is 0 Å². The summed E-state index contributed by atoms with van der Waals surface area (Å²) in [7, 11) is 0. The summed E-state index contributed by atoms with van der Waals surface area (Å²) in [5, 5.41) is 16.7. The molecule has 19 heavy (non-hydrogen) atoms. The van der Waals surface area contributed by atoms with Crippen LogP contribution in [-0.2, 0) is 9.53 Å². The summed E-state index contributed by atoms with van der Waals surface area (Å²) in [5.41, 5.74) is -1.22. The van der Waals surface area contributed by atoms with Gasteiger partial charge in [0.2, 0.25) is 5.91 Å². The first-order valence-electron chi connectivity index (χ1n) is 7.35. The van der Waals surface area contributed by atoms with E-state index in [0.717, 1.165) is 32.4 Å². The van der Waals surface area contributed by atoms with Crippen LogP contribution in [0.3, 0.4) is 0 Å². The van der Waals surface area contributed by atoms with Gasteiger partial charge < -0.3 is 20.5 Å². The minimum absolute atomic E-state index is 0.0646. The van der Waals surface area contributed by atoms with E-state index in [1.807, 2.05) is 6.92 Å². The third-order valence-corrected chi connectivity index (χ3v) is 4.85. The van der Waals surface area contributed by atoms with Crippen LogP contribution in [0.25, 0.3) is 0 Å². The van der Waals surface area contributed by atoms with Crippen LogP contribution in [0.1, 0.15) is 39.5 Å². The molecule has 2 fully saturated rings. The third kappa shape index (κ3) is 2.93. The van der Waals surface area contributed by atoms with Crippen molar-refractivity contribution in [3.05, 3.63) is 0 Å². The monoisotopic (exact) mass is 270 g/mol. The van der Waals surface area contributed by atoms with Crippen LogP contribution in [0, 0.1) is 5.41 Å². The smallest absolute Gasteiger partial charge is 0.227 e. The van der Waals surface area contributed by atoms with Gasteiger partial charge in [-0.05, 0) is 32.7 Å². The standard InChI is InChI=1S/C14H26N2O3/c1-3-13(5-4-7-15-9-13)12(17)16-10-14(18)6-8-19-11(14)2/h11,15,18H,3-10H2,1-2H3,(H,16,17). The number of carbonyl (C=O) groups is 1. The van der Waals surface area contributed by atoms with Gasteiger partial charge in [-0.3, -0.25) is 4.79 Å². The van der Waals surface area contributed by atoms with Gasteiger partial charge in [-0.15, -0.1) is 0 Å². The Kier molecular flexibility index (Phi) is 4.48. The molecule has 3 N–H and O–H groups in total. The van der Waals surface area contributed by atoms with Crippen molar-refractivity contribution < 1.29 is 14.6 Å². The van der Waals surface area contributed by atoms with Crippen molar-refractivity contribution in [2.75, 3.05) is 26.2 Å². The predicted molar refractivity (Wildman–Crippen MR) is 72.8 cm³/mol. The highest BCUT2D eigenvalue weighted by molar-refractivity contribution is 5.83. The number of carbonyl (C=O) groups excluding carboxylic acids is 1. The minimum Gasteiger partial charge on any atom is -0.385 e. The Morgan fingerprint density at radius 2 is 2.32 bits per heavy atom. The first-order valence-corrected chi connectivity index (χ1v) is 7.35. The Labute approximate surface area is 115 Å².